The second kappa shape index (κ2) is 12.4. The number of carbonyl (C=O) groups is 1. The van der Waals surface area contributed by atoms with Gasteiger partial charge >= 0.3 is 0 Å². The fourth-order valence-corrected chi connectivity index (χ4v) is 0.832. The topological polar surface area (TPSA) is 66.0 Å². The molecular formula is C10H21NO5. The van der Waals surface area contributed by atoms with Crippen LogP contribution in [0.5, 0.6) is 0 Å². The quantitative estimate of drug-likeness (QED) is 0.396. The van der Waals surface area contributed by atoms with Crippen molar-refractivity contribution in [3.8, 4) is 0 Å². The summed E-state index contributed by atoms with van der Waals surface area (Å²) in [6.07, 6.45) is 0.799. The zero-order valence-corrected chi connectivity index (χ0v) is 9.99. The first kappa shape index (κ1) is 15.3. The number of hydrogen-bond acceptors (Lipinski definition) is 5. The third kappa shape index (κ3) is 11.4. The van der Waals surface area contributed by atoms with Gasteiger partial charge in [-0.05, 0) is 6.42 Å². The summed E-state index contributed by atoms with van der Waals surface area (Å²) >= 11 is 0. The molecule has 0 aliphatic rings. The van der Waals surface area contributed by atoms with Crippen molar-refractivity contribution < 1.29 is 23.7 Å². The maximum Gasteiger partial charge on any atom is 0.245 e. The van der Waals surface area contributed by atoms with Gasteiger partial charge in [0, 0.05) is 20.8 Å². The Bertz CT molecular complexity index is 165. The van der Waals surface area contributed by atoms with Gasteiger partial charge in [0.25, 0.3) is 0 Å². The minimum atomic E-state index is -0.161. The molecule has 0 aromatic carbocycles. The van der Waals surface area contributed by atoms with Crippen molar-refractivity contribution in [3.05, 3.63) is 0 Å². The Balaban J connectivity index is 2.96. The second-order valence-corrected chi connectivity index (χ2v) is 3.01. The molecule has 0 heterocycles. The molecular weight excluding hydrogens is 214 g/mol. The predicted molar refractivity (Wildman–Crippen MR) is 58.1 cm³/mol. The van der Waals surface area contributed by atoms with Crippen LogP contribution < -0.4 is 5.32 Å². The molecule has 96 valence electrons. The highest BCUT2D eigenvalue weighted by Crippen LogP contribution is 1.86. The molecule has 1 amide bonds. The molecule has 6 heteroatoms. The third-order valence-electron chi connectivity index (χ3n) is 1.69. The van der Waals surface area contributed by atoms with Gasteiger partial charge in [-0.15, -0.1) is 0 Å². The number of likely N-dealkylation sites (N-methyl/N-ethyl adjacent to an activating group) is 1. The van der Waals surface area contributed by atoms with Gasteiger partial charge in [0.1, 0.15) is 13.4 Å². The van der Waals surface area contributed by atoms with Crippen molar-refractivity contribution in [2.24, 2.45) is 0 Å². The zero-order valence-electron chi connectivity index (χ0n) is 9.99. The number of ether oxygens (including phenoxy) is 4. The van der Waals surface area contributed by atoms with Crippen molar-refractivity contribution in [3.63, 3.8) is 0 Å². The Morgan fingerprint density at radius 1 is 1.06 bits per heavy atom. The number of carbonyl (C=O) groups excluding carboxylic acids is 1. The Morgan fingerprint density at radius 3 is 2.50 bits per heavy atom. The molecule has 0 unspecified atom stereocenters. The Hall–Kier alpha value is -0.690. The van der Waals surface area contributed by atoms with E-state index in [1.165, 1.54) is 0 Å². The molecule has 0 aromatic heterocycles. The lowest BCUT2D eigenvalue weighted by Crippen LogP contribution is -2.24. The van der Waals surface area contributed by atoms with E-state index >= 15 is 0 Å². The highest BCUT2D eigenvalue weighted by atomic mass is 16.7. The standard InChI is InChI=1S/C10H21NO5/c1-11-10(12)8-16-9-15-5-3-4-14-7-6-13-2/h3-9H2,1-2H3,(H,11,12). The van der Waals surface area contributed by atoms with E-state index in [0.29, 0.717) is 26.4 Å². The number of nitrogens with one attached hydrogen (secondary N) is 1. The molecule has 1 N–H and O–H groups in total. The summed E-state index contributed by atoms with van der Waals surface area (Å²) in [7, 11) is 3.19. The van der Waals surface area contributed by atoms with E-state index in [-0.39, 0.29) is 19.3 Å². The predicted octanol–water partition coefficient (Wildman–Crippen LogP) is -0.224. The van der Waals surface area contributed by atoms with E-state index in [1.807, 2.05) is 0 Å². The molecule has 0 bridgehead atoms. The van der Waals surface area contributed by atoms with Gasteiger partial charge < -0.3 is 24.3 Å². The number of amides is 1. The first-order chi connectivity index (χ1) is 7.81. The third-order valence-corrected chi connectivity index (χ3v) is 1.69. The fourth-order valence-electron chi connectivity index (χ4n) is 0.832. The van der Waals surface area contributed by atoms with E-state index in [2.05, 4.69) is 5.32 Å². The molecule has 6 nitrogen and oxygen atoms in total. The van der Waals surface area contributed by atoms with Crippen molar-refractivity contribution >= 4 is 5.91 Å². The van der Waals surface area contributed by atoms with Crippen LogP contribution in [0.4, 0.5) is 0 Å². The largest absolute Gasteiger partial charge is 0.382 e. The Kier molecular flexibility index (Phi) is 11.8. The van der Waals surface area contributed by atoms with Gasteiger partial charge in [-0.3, -0.25) is 4.79 Å². The molecule has 0 saturated heterocycles. The molecule has 0 radical (unpaired) electrons. The van der Waals surface area contributed by atoms with Gasteiger partial charge in [0.15, 0.2) is 0 Å². The highest BCUT2D eigenvalue weighted by Gasteiger charge is 1.96. The molecule has 16 heavy (non-hydrogen) atoms. The molecule has 0 aromatic rings. The van der Waals surface area contributed by atoms with Crippen LogP contribution in [-0.4, -0.2) is 59.9 Å². The summed E-state index contributed by atoms with van der Waals surface area (Å²) in [6, 6.07) is 0. The first-order valence-corrected chi connectivity index (χ1v) is 5.24. The fraction of sp³-hybridized carbons (Fsp3) is 0.900. The summed E-state index contributed by atoms with van der Waals surface area (Å²) in [6.45, 7) is 2.56. The smallest absolute Gasteiger partial charge is 0.245 e. The molecule has 0 aliphatic carbocycles. The van der Waals surface area contributed by atoms with E-state index in [1.54, 1.807) is 14.2 Å². The average Bonchev–Trinajstić information content (AvgIpc) is 2.31. The maximum absolute atomic E-state index is 10.7. The number of methoxy groups -OCH3 is 1. The SMILES string of the molecule is CNC(=O)COCOCCCOCCOC. The van der Waals surface area contributed by atoms with Crippen LogP contribution >= 0.6 is 0 Å². The van der Waals surface area contributed by atoms with Gasteiger partial charge in [-0.25, -0.2) is 0 Å². The van der Waals surface area contributed by atoms with E-state index in [0.717, 1.165) is 6.42 Å². The maximum atomic E-state index is 10.7. The minimum absolute atomic E-state index is 0.0286. The lowest BCUT2D eigenvalue weighted by Gasteiger charge is -2.05. The molecule has 0 spiro atoms. The van der Waals surface area contributed by atoms with E-state index in [4.69, 9.17) is 18.9 Å². The van der Waals surface area contributed by atoms with Gasteiger partial charge in [-0.2, -0.15) is 0 Å². The van der Waals surface area contributed by atoms with Crippen molar-refractivity contribution in [2.45, 2.75) is 6.42 Å². The summed E-state index contributed by atoms with van der Waals surface area (Å²) in [5, 5.41) is 2.44. The molecule has 0 atom stereocenters. The van der Waals surface area contributed by atoms with Crippen molar-refractivity contribution in [1.82, 2.24) is 5.32 Å². The van der Waals surface area contributed by atoms with Crippen LogP contribution in [0.3, 0.4) is 0 Å². The summed E-state index contributed by atoms with van der Waals surface area (Å²) in [5.41, 5.74) is 0. The van der Waals surface area contributed by atoms with Gasteiger partial charge in [0.05, 0.1) is 19.8 Å². The lowest BCUT2D eigenvalue weighted by molar-refractivity contribution is -0.131. The highest BCUT2D eigenvalue weighted by molar-refractivity contribution is 5.76. The molecule has 0 saturated carbocycles. The van der Waals surface area contributed by atoms with Crippen molar-refractivity contribution in [2.75, 3.05) is 54.0 Å². The van der Waals surface area contributed by atoms with Crippen molar-refractivity contribution in [1.29, 1.82) is 0 Å². The molecule has 0 fully saturated rings. The van der Waals surface area contributed by atoms with Crippen LogP contribution in [0, 0.1) is 0 Å². The average molecular weight is 235 g/mol. The Labute approximate surface area is 96.2 Å². The van der Waals surface area contributed by atoms with Crippen LogP contribution in [0.25, 0.3) is 0 Å². The summed E-state index contributed by atoms with van der Waals surface area (Å²) < 4.78 is 20.1. The first-order valence-electron chi connectivity index (χ1n) is 5.24. The summed E-state index contributed by atoms with van der Waals surface area (Å²) in [5.74, 6) is -0.161. The zero-order chi connectivity index (χ0) is 12.1. The normalized spacial score (nSPS) is 10.4. The van der Waals surface area contributed by atoms with Gasteiger partial charge in [-0.1, -0.05) is 0 Å². The van der Waals surface area contributed by atoms with Gasteiger partial charge in [0.2, 0.25) is 5.91 Å². The summed E-state index contributed by atoms with van der Waals surface area (Å²) in [4.78, 5) is 10.7. The van der Waals surface area contributed by atoms with Crippen LogP contribution in [0.2, 0.25) is 0 Å². The molecule has 0 aliphatic heterocycles. The number of rotatable bonds is 11. The monoisotopic (exact) mass is 235 g/mol. The lowest BCUT2D eigenvalue weighted by atomic mass is 10.5. The second-order valence-electron chi connectivity index (χ2n) is 3.01. The minimum Gasteiger partial charge on any atom is -0.382 e. The number of hydrogen-bond donors (Lipinski definition) is 1. The van der Waals surface area contributed by atoms with E-state index < -0.39 is 0 Å². The van der Waals surface area contributed by atoms with Crippen LogP contribution in [0.1, 0.15) is 6.42 Å². The van der Waals surface area contributed by atoms with Crippen LogP contribution in [-0.2, 0) is 23.7 Å². The Morgan fingerprint density at radius 2 is 1.81 bits per heavy atom. The molecule has 0 rings (SSSR count). The van der Waals surface area contributed by atoms with Crippen LogP contribution in [0.15, 0.2) is 0 Å². The van der Waals surface area contributed by atoms with E-state index in [9.17, 15) is 4.79 Å².